The van der Waals surface area contributed by atoms with Crippen molar-refractivity contribution < 1.29 is 14.1 Å². The Labute approximate surface area is 91.9 Å². The van der Waals surface area contributed by atoms with Crippen molar-refractivity contribution >= 4 is 12.1 Å². The molecule has 2 rings (SSSR count). The van der Waals surface area contributed by atoms with Gasteiger partial charge in [-0.25, -0.2) is 4.74 Å². The standard InChI is InChI=1S/C10H12N2O4/c13-11(8-3-1-2-4-8)7-9-5-6-10(16-9)12(14)15/h5-8H,1-4H2/b11-7-. The van der Waals surface area contributed by atoms with Gasteiger partial charge in [0.15, 0.2) is 11.8 Å². The topological polar surface area (TPSA) is 82.3 Å². The summed E-state index contributed by atoms with van der Waals surface area (Å²) in [6.07, 6.45) is 5.17. The molecule has 1 aromatic heterocycles. The fourth-order valence-corrected chi connectivity index (χ4v) is 1.90. The number of hydroxylamine groups is 1. The first-order valence-corrected chi connectivity index (χ1v) is 5.21. The predicted octanol–water partition coefficient (Wildman–Crippen LogP) is 2.06. The molecule has 0 amide bonds. The summed E-state index contributed by atoms with van der Waals surface area (Å²) in [6, 6.07) is 2.66. The minimum atomic E-state index is -0.623. The lowest BCUT2D eigenvalue weighted by Gasteiger charge is -2.09. The van der Waals surface area contributed by atoms with Crippen LogP contribution in [0.1, 0.15) is 31.4 Å². The van der Waals surface area contributed by atoms with E-state index in [2.05, 4.69) is 0 Å². The van der Waals surface area contributed by atoms with Gasteiger partial charge in [0.05, 0.1) is 6.07 Å². The van der Waals surface area contributed by atoms with Crippen molar-refractivity contribution in [1.29, 1.82) is 0 Å². The molecule has 1 aromatic rings. The van der Waals surface area contributed by atoms with E-state index < -0.39 is 4.92 Å². The first-order valence-electron chi connectivity index (χ1n) is 5.21. The number of rotatable bonds is 3. The van der Waals surface area contributed by atoms with E-state index in [0.29, 0.717) is 0 Å². The van der Waals surface area contributed by atoms with Gasteiger partial charge in [0.1, 0.15) is 4.92 Å². The second kappa shape index (κ2) is 4.34. The minimum absolute atomic E-state index is 0.0100. The third kappa shape index (κ3) is 2.21. The Morgan fingerprint density at radius 2 is 2.00 bits per heavy atom. The quantitative estimate of drug-likeness (QED) is 0.258. The predicted molar refractivity (Wildman–Crippen MR) is 56.4 cm³/mol. The molecule has 1 fully saturated rings. The molecule has 0 spiro atoms. The third-order valence-electron chi connectivity index (χ3n) is 2.73. The largest absolute Gasteiger partial charge is 0.624 e. The molecule has 86 valence electrons. The Balaban J connectivity index is 2.11. The fourth-order valence-electron chi connectivity index (χ4n) is 1.90. The van der Waals surface area contributed by atoms with Gasteiger partial charge in [-0.05, 0) is 18.9 Å². The van der Waals surface area contributed by atoms with Crippen molar-refractivity contribution in [2.45, 2.75) is 31.7 Å². The van der Waals surface area contributed by atoms with E-state index in [1.165, 1.54) is 18.3 Å². The molecule has 6 heteroatoms. The lowest BCUT2D eigenvalue weighted by molar-refractivity contribution is -0.494. The molecule has 1 heterocycles. The van der Waals surface area contributed by atoms with Crippen LogP contribution in [0, 0.1) is 15.3 Å². The molecule has 0 radical (unpaired) electrons. The van der Waals surface area contributed by atoms with E-state index in [1.54, 1.807) is 0 Å². The summed E-state index contributed by atoms with van der Waals surface area (Å²) >= 11 is 0. The molecule has 0 atom stereocenters. The van der Waals surface area contributed by atoms with Crippen LogP contribution in [-0.2, 0) is 0 Å². The summed E-state index contributed by atoms with van der Waals surface area (Å²) in [4.78, 5) is 9.74. The molecule has 0 aliphatic heterocycles. The van der Waals surface area contributed by atoms with Crippen LogP contribution in [0.5, 0.6) is 0 Å². The summed E-state index contributed by atoms with van der Waals surface area (Å²) in [5.74, 6) is -0.111. The summed E-state index contributed by atoms with van der Waals surface area (Å²) in [5.41, 5.74) is 0. The lowest BCUT2D eigenvalue weighted by atomic mass is 10.3. The smallest absolute Gasteiger partial charge is 0.433 e. The van der Waals surface area contributed by atoms with Crippen LogP contribution in [0.3, 0.4) is 0 Å². The summed E-state index contributed by atoms with van der Waals surface area (Å²) in [5, 5.41) is 22.0. The maximum Gasteiger partial charge on any atom is 0.433 e. The average molecular weight is 224 g/mol. The fraction of sp³-hybridized carbons (Fsp3) is 0.500. The second-order valence-corrected chi connectivity index (χ2v) is 3.86. The molecule has 1 aliphatic rings. The number of nitro groups is 1. The molecule has 0 aromatic carbocycles. The van der Waals surface area contributed by atoms with Gasteiger partial charge in [0, 0.05) is 12.8 Å². The first-order chi connectivity index (χ1) is 7.66. The third-order valence-corrected chi connectivity index (χ3v) is 2.73. The van der Waals surface area contributed by atoms with Crippen LogP contribution in [0.4, 0.5) is 5.88 Å². The Hall–Kier alpha value is -1.85. The van der Waals surface area contributed by atoms with Gasteiger partial charge >= 0.3 is 5.88 Å². The molecule has 0 N–H and O–H groups in total. The van der Waals surface area contributed by atoms with E-state index >= 15 is 0 Å². The van der Waals surface area contributed by atoms with E-state index in [-0.39, 0.29) is 17.7 Å². The summed E-state index contributed by atoms with van der Waals surface area (Å²) < 4.78 is 5.72. The molecule has 0 unspecified atom stereocenters. The number of hydrogen-bond acceptors (Lipinski definition) is 4. The maximum absolute atomic E-state index is 11.6. The number of hydrogen-bond donors (Lipinski definition) is 0. The highest BCUT2D eigenvalue weighted by molar-refractivity contribution is 5.72. The van der Waals surface area contributed by atoms with Gasteiger partial charge in [-0.15, -0.1) is 0 Å². The van der Waals surface area contributed by atoms with Crippen molar-refractivity contribution in [3.05, 3.63) is 33.2 Å². The normalized spacial score (nSPS) is 17.9. The minimum Gasteiger partial charge on any atom is -0.624 e. The van der Waals surface area contributed by atoms with Gasteiger partial charge in [-0.1, -0.05) is 0 Å². The monoisotopic (exact) mass is 224 g/mol. The van der Waals surface area contributed by atoms with Gasteiger partial charge in [0.2, 0.25) is 6.21 Å². The van der Waals surface area contributed by atoms with Crippen molar-refractivity contribution in [1.82, 2.24) is 0 Å². The zero-order valence-corrected chi connectivity index (χ0v) is 8.67. The lowest BCUT2D eigenvalue weighted by Crippen LogP contribution is -2.18. The highest BCUT2D eigenvalue weighted by Crippen LogP contribution is 2.21. The second-order valence-electron chi connectivity index (χ2n) is 3.86. The van der Waals surface area contributed by atoms with Gasteiger partial charge in [0.25, 0.3) is 0 Å². The molecule has 16 heavy (non-hydrogen) atoms. The highest BCUT2D eigenvalue weighted by atomic mass is 16.6. The first kappa shape index (κ1) is 10.7. The van der Waals surface area contributed by atoms with E-state index in [1.807, 2.05) is 0 Å². The Kier molecular flexibility index (Phi) is 2.89. The zero-order valence-electron chi connectivity index (χ0n) is 8.67. The van der Waals surface area contributed by atoms with Gasteiger partial charge in [-0.3, -0.25) is 10.1 Å². The average Bonchev–Trinajstić information content (AvgIpc) is 2.87. The van der Waals surface area contributed by atoms with Gasteiger partial charge in [-0.2, -0.15) is 0 Å². The molecule has 1 aliphatic carbocycles. The molecular weight excluding hydrogens is 212 g/mol. The molecule has 0 saturated heterocycles. The number of furan rings is 1. The van der Waals surface area contributed by atoms with Crippen molar-refractivity contribution in [3.63, 3.8) is 0 Å². The SMILES string of the molecule is O=[N+]([O-])c1ccc(/C=[N+](\[O-])C2CCCC2)o1. The number of nitrogens with zero attached hydrogens (tertiary/aromatic N) is 2. The van der Waals surface area contributed by atoms with Crippen molar-refractivity contribution in [3.8, 4) is 0 Å². The maximum atomic E-state index is 11.6. The Morgan fingerprint density at radius 3 is 2.56 bits per heavy atom. The Bertz CT molecular complexity index is 418. The van der Waals surface area contributed by atoms with Crippen LogP contribution in [0.15, 0.2) is 16.5 Å². The molecular formula is C10H12N2O4. The van der Waals surface area contributed by atoms with Crippen LogP contribution in [0.25, 0.3) is 0 Å². The summed E-state index contributed by atoms with van der Waals surface area (Å²) in [7, 11) is 0. The van der Waals surface area contributed by atoms with E-state index in [9.17, 15) is 15.3 Å². The van der Waals surface area contributed by atoms with Crippen molar-refractivity contribution in [2.24, 2.45) is 0 Å². The van der Waals surface area contributed by atoms with Crippen LogP contribution in [0.2, 0.25) is 0 Å². The molecule has 0 bridgehead atoms. The highest BCUT2D eigenvalue weighted by Gasteiger charge is 2.22. The zero-order chi connectivity index (χ0) is 11.5. The molecule has 1 saturated carbocycles. The van der Waals surface area contributed by atoms with Crippen LogP contribution in [-0.4, -0.2) is 21.9 Å². The van der Waals surface area contributed by atoms with Crippen molar-refractivity contribution in [2.75, 3.05) is 0 Å². The molecule has 6 nitrogen and oxygen atoms in total. The van der Waals surface area contributed by atoms with E-state index in [4.69, 9.17) is 4.42 Å². The van der Waals surface area contributed by atoms with E-state index in [0.717, 1.165) is 30.4 Å². The van der Waals surface area contributed by atoms with Crippen LogP contribution < -0.4 is 0 Å². The van der Waals surface area contributed by atoms with Crippen LogP contribution >= 0.6 is 0 Å². The summed E-state index contributed by atoms with van der Waals surface area (Å²) in [6.45, 7) is 0. The Morgan fingerprint density at radius 1 is 1.31 bits per heavy atom. The van der Waals surface area contributed by atoms with Gasteiger partial charge < -0.3 is 9.62 Å².